The van der Waals surface area contributed by atoms with Crippen molar-refractivity contribution in [2.24, 2.45) is 0 Å². The first-order valence-corrected chi connectivity index (χ1v) is 4.43. The van der Waals surface area contributed by atoms with Crippen molar-refractivity contribution in [3.63, 3.8) is 0 Å². The van der Waals surface area contributed by atoms with Gasteiger partial charge < -0.3 is 0 Å². The first-order chi connectivity index (χ1) is 6.61. The van der Waals surface area contributed by atoms with Gasteiger partial charge in [-0.3, -0.25) is 9.78 Å². The first kappa shape index (κ1) is 11.0. The van der Waals surface area contributed by atoms with Crippen molar-refractivity contribution in [1.29, 1.82) is 0 Å². The van der Waals surface area contributed by atoms with E-state index >= 15 is 0 Å². The standard InChI is InChI=1S/C9H8ClF2NO/c1-5-3-13-7(2-10)8(9(11)12)6(5)4-14/h3-4,9H,2H2,1H3. The third kappa shape index (κ3) is 1.90. The number of carbonyl (C=O) groups is 1. The largest absolute Gasteiger partial charge is 0.298 e. The average Bonchev–Trinajstić information content (AvgIpc) is 2.17. The third-order valence-corrected chi connectivity index (χ3v) is 2.16. The molecule has 2 nitrogen and oxygen atoms in total. The number of rotatable bonds is 3. The van der Waals surface area contributed by atoms with Crippen molar-refractivity contribution in [2.45, 2.75) is 19.2 Å². The maximum Gasteiger partial charge on any atom is 0.266 e. The van der Waals surface area contributed by atoms with Crippen LogP contribution in [0.5, 0.6) is 0 Å². The van der Waals surface area contributed by atoms with Crippen molar-refractivity contribution >= 4 is 17.9 Å². The Bertz CT molecular complexity index is 355. The topological polar surface area (TPSA) is 30.0 Å². The van der Waals surface area contributed by atoms with Gasteiger partial charge in [-0.05, 0) is 12.5 Å². The molecule has 1 rings (SSSR count). The zero-order valence-electron chi connectivity index (χ0n) is 7.43. The minimum Gasteiger partial charge on any atom is -0.298 e. The number of alkyl halides is 3. The lowest BCUT2D eigenvalue weighted by molar-refractivity contribution is 0.110. The molecule has 0 saturated heterocycles. The minimum absolute atomic E-state index is 0.00866. The van der Waals surface area contributed by atoms with Crippen LogP contribution in [0.3, 0.4) is 0 Å². The molecule has 76 valence electrons. The van der Waals surface area contributed by atoms with Gasteiger partial charge in [-0.25, -0.2) is 8.78 Å². The Balaban J connectivity index is 3.43. The summed E-state index contributed by atoms with van der Waals surface area (Å²) < 4.78 is 25.2. The van der Waals surface area contributed by atoms with Gasteiger partial charge in [0.05, 0.1) is 17.1 Å². The van der Waals surface area contributed by atoms with Crippen LogP contribution < -0.4 is 0 Å². The average molecular weight is 220 g/mol. The summed E-state index contributed by atoms with van der Waals surface area (Å²) in [5.41, 5.74) is 0.138. The number of pyridine rings is 1. The van der Waals surface area contributed by atoms with Gasteiger partial charge in [-0.2, -0.15) is 0 Å². The number of hydrogen-bond donors (Lipinski definition) is 0. The van der Waals surface area contributed by atoms with Crippen molar-refractivity contribution in [3.05, 3.63) is 28.6 Å². The molecule has 0 spiro atoms. The molecule has 0 unspecified atom stereocenters. The molecule has 0 aliphatic heterocycles. The van der Waals surface area contributed by atoms with Crippen LogP contribution in [0.4, 0.5) is 8.78 Å². The van der Waals surface area contributed by atoms with Gasteiger partial charge in [-0.15, -0.1) is 11.6 Å². The van der Waals surface area contributed by atoms with Gasteiger partial charge in [-0.1, -0.05) is 0 Å². The maximum atomic E-state index is 12.6. The zero-order valence-corrected chi connectivity index (χ0v) is 8.18. The van der Waals surface area contributed by atoms with E-state index in [0.717, 1.165) is 0 Å². The molecule has 1 aromatic heterocycles. The second-order valence-corrected chi connectivity index (χ2v) is 3.03. The number of aryl methyl sites for hydroxylation is 1. The molecule has 0 atom stereocenters. The lowest BCUT2D eigenvalue weighted by Gasteiger charge is -2.09. The predicted molar refractivity (Wildman–Crippen MR) is 48.9 cm³/mol. The highest BCUT2D eigenvalue weighted by atomic mass is 35.5. The Morgan fingerprint density at radius 2 is 2.29 bits per heavy atom. The van der Waals surface area contributed by atoms with Crippen LogP contribution in [0.25, 0.3) is 0 Å². The molecule has 0 radical (unpaired) electrons. The Kier molecular flexibility index (Phi) is 3.52. The molecular formula is C9H8ClF2NO. The quantitative estimate of drug-likeness (QED) is 0.578. The minimum atomic E-state index is -2.73. The van der Waals surface area contributed by atoms with E-state index in [1.165, 1.54) is 6.20 Å². The van der Waals surface area contributed by atoms with Crippen LogP contribution in [0.2, 0.25) is 0 Å². The SMILES string of the molecule is Cc1cnc(CCl)c(C(F)F)c1C=O. The van der Waals surface area contributed by atoms with E-state index in [2.05, 4.69) is 4.98 Å². The van der Waals surface area contributed by atoms with Gasteiger partial charge in [0, 0.05) is 11.8 Å². The predicted octanol–water partition coefficient (Wildman–Crippen LogP) is 2.88. The smallest absolute Gasteiger partial charge is 0.266 e. The third-order valence-electron chi connectivity index (χ3n) is 1.90. The molecule has 0 fully saturated rings. The fourth-order valence-electron chi connectivity index (χ4n) is 1.19. The van der Waals surface area contributed by atoms with E-state index in [4.69, 9.17) is 11.6 Å². The summed E-state index contributed by atoms with van der Waals surface area (Å²) in [6, 6.07) is 0. The van der Waals surface area contributed by atoms with E-state index in [-0.39, 0.29) is 22.7 Å². The van der Waals surface area contributed by atoms with E-state index < -0.39 is 6.43 Å². The van der Waals surface area contributed by atoms with Crippen molar-refractivity contribution in [2.75, 3.05) is 0 Å². The second-order valence-electron chi connectivity index (χ2n) is 2.77. The highest BCUT2D eigenvalue weighted by molar-refractivity contribution is 6.17. The Hall–Kier alpha value is -1.03. The van der Waals surface area contributed by atoms with Crippen LogP contribution in [0.15, 0.2) is 6.20 Å². The zero-order chi connectivity index (χ0) is 10.7. The molecule has 0 saturated carbocycles. The summed E-state index contributed by atoms with van der Waals surface area (Å²) >= 11 is 5.45. The van der Waals surface area contributed by atoms with Crippen molar-refractivity contribution in [3.8, 4) is 0 Å². The van der Waals surface area contributed by atoms with Gasteiger partial charge in [0.1, 0.15) is 0 Å². The van der Waals surface area contributed by atoms with E-state index in [9.17, 15) is 13.6 Å². The molecule has 14 heavy (non-hydrogen) atoms. The Labute approximate surface area is 84.9 Å². The molecule has 1 heterocycles. The molecule has 0 bridgehead atoms. The molecule has 0 aliphatic carbocycles. The number of hydrogen-bond acceptors (Lipinski definition) is 2. The number of nitrogens with zero attached hydrogens (tertiary/aromatic N) is 1. The van der Waals surface area contributed by atoms with Crippen LogP contribution in [0.1, 0.15) is 33.6 Å². The van der Waals surface area contributed by atoms with Crippen molar-refractivity contribution < 1.29 is 13.6 Å². The van der Waals surface area contributed by atoms with Gasteiger partial charge in [0.15, 0.2) is 6.29 Å². The first-order valence-electron chi connectivity index (χ1n) is 3.89. The van der Waals surface area contributed by atoms with Gasteiger partial charge >= 0.3 is 0 Å². The van der Waals surface area contributed by atoms with Crippen LogP contribution in [-0.4, -0.2) is 11.3 Å². The lowest BCUT2D eigenvalue weighted by Crippen LogP contribution is -2.04. The number of aldehydes is 1. The number of halogens is 3. The highest BCUT2D eigenvalue weighted by Gasteiger charge is 2.19. The fourth-order valence-corrected chi connectivity index (χ4v) is 1.40. The summed E-state index contributed by atoms with van der Waals surface area (Å²) in [4.78, 5) is 14.4. The van der Waals surface area contributed by atoms with Crippen LogP contribution in [0, 0.1) is 6.92 Å². The molecule has 0 aliphatic rings. The van der Waals surface area contributed by atoms with E-state index in [1.807, 2.05) is 0 Å². The summed E-state index contributed by atoms with van der Waals surface area (Å²) in [6.45, 7) is 1.56. The summed E-state index contributed by atoms with van der Waals surface area (Å²) in [6.07, 6.45) is -0.946. The molecule has 1 aromatic rings. The maximum absolute atomic E-state index is 12.6. The monoisotopic (exact) mass is 219 g/mol. The molecule has 0 aromatic carbocycles. The van der Waals surface area contributed by atoms with Crippen LogP contribution >= 0.6 is 11.6 Å². The summed E-state index contributed by atoms with van der Waals surface area (Å²) in [5.74, 6) is -0.124. The summed E-state index contributed by atoms with van der Waals surface area (Å²) in [5, 5.41) is 0. The van der Waals surface area contributed by atoms with Gasteiger partial charge in [0.25, 0.3) is 6.43 Å². The molecule has 0 N–H and O–H groups in total. The van der Waals surface area contributed by atoms with Gasteiger partial charge in [0.2, 0.25) is 0 Å². The number of aromatic nitrogens is 1. The molecule has 5 heteroatoms. The number of carbonyl (C=O) groups excluding carboxylic acids is 1. The van der Waals surface area contributed by atoms with E-state index in [0.29, 0.717) is 11.8 Å². The summed E-state index contributed by atoms with van der Waals surface area (Å²) in [7, 11) is 0. The van der Waals surface area contributed by atoms with Crippen LogP contribution in [-0.2, 0) is 5.88 Å². The second kappa shape index (κ2) is 4.46. The Morgan fingerprint density at radius 1 is 1.64 bits per heavy atom. The normalized spacial score (nSPS) is 10.6. The van der Waals surface area contributed by atoms with Crippen molar-refractivity contribution in [1.82, 2.24) is 4.98 Å². The molecular weight excluding hydrogens is 212 g/mol. The molecule has 0 amide bonds. The lowest BCUT2D eigenvalue weighted by atomic mass is 10.0. The van der Waals surface area contributed by atoms with E-state index in [1.54, 1.807) is 6.92 Å². The fraction of sp³-hybridized carbons (Fsp3) is 0.333. The Morgan fingerprint density at radius 3 is 2.71 bits per heavy atom. The highest BCUT2D eigenvalue weighted by Crippen LogP contribution is 2.27.